The second-order valence-corrected chi connectivity index (χ2v) is 14.8. The molecule has 7 nitrogen and oxygen atoms in total. The summed E-state index contributed by atoms with van der Waals surface area (Å²) in [7, 11) is -3.61. The molecule has 3 aromatic carbocycles. The van der Waals surface area contributed by atoms with Crippen molar-refractivity contribution < 1.29 is 18.0 Å². The Kier molecular flexibility index (Phi) is 12.3. The highest BCUT2D eigenvalue weighted by Gasteiger charge is 2.33. The normalized spacial score (nSPS) is 14.5. The highest BCUT2D eigenvalue weighted by atomic mass is 35.5. The molecule has 1 fully saturated rings. The summed E-state index contributed by atoms with van der Waals surface area (Å²) in [6, 6.07) is 19.7. The lowest BCUT2D eigenvalue weighted by atomic mass is 9.94. The fraction of sp³-hybridized carbons (Fsp3) is 0.429. The number of sulfonamides is 1. The van der Waals surface area contributed by atoms with Gasteiger partial charge in [0.15, 0.2) is 0 Å². The highest BCUT2D eigenvalue weighted by Crippen LogP contribution is 2.28. The summed E-state index contributed by atoms with van der Waals surface area (Å²) in [6.07, 6.45) is 6.86. The molecule has 1 aliphatic carbocycles. The Labute approximate surface area is 278 Å². The SMILES string of the molecule is Cc1cc(C)cc(N(CCCC(=O)N(Cc2c(Cl)cccc2Cl)[C@H](Cc2ccccc2)C(=O)NC2CCCCC2)S(C)(=O)=O)c1. The summed E-state index contributed by atoms with van der Waals surface area (Å²) in [4.78, 5) is 29.8. The third-order valence-electron chi connectivity index (χ3n) is 8.26. The van der Waals surface area contributed by atoms with Gasteiger partial charge >= 0.3 is 0 Å². The largest absolute Gasteiger partial charge is 0.352 e. The first-order valence-electron chi connectivity index (χ1n) is 15.5. The molecule has 1 atom stereocenters. The van der Waals surface area contributed by atoms with E-state index in [1.807, 2.05) is 62.4 Å². The van der Waals surface area contributed by atoms with Gasteiger partial charge in [0, 0.05) is 47.6 Å². The molecular formula is C35H43Cl2N3O4S. The molecule has 242 valence electrons. The first kappa shape index (κ1) is 34.8. The molecule has 0 radical (unpaired) electrons. The van der Waals surface area contributed by atoms with Gasteiger partial charge in [-0.2, -0.15) is 0 Å². The molecule has 0 unspecified atom stereocenters. The van der Waals surface area contributed by atoms with E-state index < -0.39 is 16.1 Å². The number of aryl methyl sites for hydroxylation is 2. The summed E-state index contributed by atoms with van der Waals surface area (Å²) < 4.78 is 27.0. The Morgan fingerprint density at radius 1 is 0.911 bits per heavy atom. The highest BCUT2D eigenvalue weighted by molar-refractivity contribution is 7.92. The van der Waals surface area contributed by atoms with Gasteiger partial charge in [0.1, 0.15) is 6.04 Å². The standard InChI is InChI=1S/C35H43Cl2N3O4S/c1-25-20-26(2)22-29(21-25)40(45(3,43)44)19-11-18-34(41)39(24-30-31(36)16-10-17-32(30)37)33(23-27-12-6-4-7-13-27)35(42)38-28-14-8-5-9-15-28/h4,6-7,10,12-13,16-17,20-22,28,33H,5,8-9,11,14-15,18-19,23-24H2,1-3H3,(H,38,42)/t33-/m1/s1. The topological polar surface area (TPSA) is 86.8 Å². The van der Waals surface area contributed by atoms with Crippen LogP contribution in [-0.2, 0) is 32.6 Å². The van der Waals surface area contributed by atoms with E-state index in [0.29, 0.717) is 27.7 Å². The number of carbonyl (C=O) groups is 2. The monoisotopic (exact) mass is 671 g/mol. The van der Waals surface area contributed by atoms with E-state index in [2.05, 4.69) is 5.32 Å². The molecule has 1 N–H and O–H groups in total. The maximum Gasteiger partial charge on any atom is 0.243 e. The maximum absolute atomic E-state index is 14.2. The van der Waals surface area contributed by atoms with E-state index >= 15 is 0 Å². The van der Waals surface area contributed by atoms with Gasteiger partial charge in [-0.05, 0) is 74.1 Å². The number of hydrogen-bond acceptors (Lipinski definition) is 4. The number of nitrogens with zero attached hydrogens (tertiary/aromatic N) is 2. The molecule has 2 amide bonds. The zero-order valence-corrected chi connectivity index (χ0v) is 28.6. The van der Waals surface area contributed by atoms with E-state index in [1.54, 1.807) is 23.1 Å². The van der Waals surface area contributed by atoms with Gasteiger partial charge in [-0.25, -0.2) is 8.42 Å². The maximum atomic E-state index is 14.2. The van der Waals surface area contributed by atoms with E-state index in [-0.39, 0.29) is 43.8 Å². The third-order valence-corrected chi connectivity index (χ3v) is 10.2. The average Bonchev–Trinajstić information content (AvgIpc) is 2.98. The van der Waals surface area contributed by atoms with Gasteiger partial charge in [0.05, 0.1) is 11.9 Å². The van der Waals surface area contributed by atoms with Gasteiger partial charge in [0.2, 0.25) is 21.8 Å². The first-order valence-corrected chi connectivity index (χ1v) is 18.2. The van der Waals surface area contributed by atoms with Crippen LogP contribution in [-0.4, -0.2) is 50.0 Å². The quantitative estimate of drug-likeness (QED) is 0.207. The Morgan fingerprint density at radius 3 is 2.13 bits per heavy atom. The summed E-state index contributed by atoms with van der Waals surface area (Å²) in [6.45, 7) is 4.00. The lowest BCUT2D eigenvalue weighted by Gasteiger charge is -2.34. The van der Waals surface area contributed by atoms with E-state index in [9.17, 15) is 18.0 Å². The molecule has 3 aromatic rings. The van der Waals surface area contributed by atoms with Crippen molar-refractivity contribution in [2.45, 2.75) is 83.8 Å². The number of halogens is 2. The number of carbonyl (C=O) groups excluding carboxylic acids is 2. The van der Waals surface area contributed by atoms with Crippen molar-refractivity contribution in [2.75, 3.05) is 17.1 Å². The number of anilines is 1. The molecule has 0 aliphatic heterocycles. The Hall–Kier alpha value is -3.07. The lowest BCUT2D eigenvalue weighted by molar-refractivity contribution is -0.141. The molecular weight excluding hydrogens is 629 g/mol. The van der Waals surface area contributed by atoms with Gasteiger partial charge in [-0.3, -0.25) is 13.9 Å². The molecule has 0 spiro atoms. The van der Waals surface area contributed by atoms with Crippen molar-refractivity contribution in [2.24, 2.45) is 0 Å². The van der Waals surface area contributed by atoms with E-state index in [1.165, 1.54) is 10.6 Å². The predicted molar refractivity (Wildman–Crippen MR) is 183 cm³/mol. The first-order chi connectivity index (χ1) is 21.4. The van der Waals surface area contributed by atoms with Crippen molar-refractivity contribution in [1.82, 2.24) is 10.2 Å². The minimum absolute atomic E-state index is 0.0287. The minimum atomic E-state index is -3.61. The molecule has 0 bridgehead atoms. The van der Waals surface area contributed by atoms with Crippen LogP contribution in [0, 0.1) is 13.8 Å². The number of rotatable bonds is 13. The zero-order valence-electron chi connectivity index (χ0n) is 26.3. The molecule has 45 heavy (non-hydrogen) atoms. The van der Waals surface area contributed by atoms with Crippen LogP contribution in [0.3, 0.4) is 0 Å². The fourth-order valence-corrected chi connectivity index (χ4v) is 7.52. The molecule has 1 saturated carbocycles. The van der Waals surface area contributed by atoms with Crippen molar-refractivity contribution in [3.05, 3.63) is 99.0 Å². The summed E-state index contributed by atoms with van der Waals surface area (Å²) >= 11 is 13.1. The zero-order chi connectivity index (χ0) is 32.6. The van der Waals surface area contributed by atoms with Crippen LogP contribution in [0.1, 0.15) is 67.2 Å². The predicted octanol–water partition coefficient (Wildman–Crippen LogP) is 7.25. The second kappa shape index (κ2) is 16.0. The number of amides is 2. The van der Waals surface area contributed by atoms with Gasteiger partial charge in [0.25, 0.3) is 0 Å². The van der Waals surface area contributed by atoms with Crippen molar-refractivity contribution in [3.8, 4) is 0 Å². The summed E-state index contributed by atoms with van der Waals surface area (Å²) in [5, 5.41) is 4.04. The van der Waals surface area contributed by atoms with Gasteiger partial charge < -0.3 is 10.2 Å². The number of hydrogen-bond donors (Lipinski definition) is 1. The smallest absolute Gasteiger partial charge is 0.243 e. The second-order valence-electron chi connectivity index (χ2n) is 12.1. The average molecular weight is 673 g/mol. The Balaban J connectivity index is 1.63. The van der Waals surface area contributed by atoms with Crippen molar-refractivity contribution in [1.29, 1.82) is 0 Å². The van der Waals surface area contributed by atoms with Crippen molar-refractivity contribution >= 4 is 50.7 Å². The van der Waals surface area contributed by atoms with E-state index in [0.717, 1.165) is 48.8 Å². The Bertz CT molecular complexity index is 1540. The Morgan fingerprint density at radius 2 is 1.53 bits per heavy atom. The van der Waals surface area contributed by atoms with Gasteiger partial charge in [-0.15, -0.1) is 0 Å². The van der Waals surface area contributed by atoms with Crippen LogP contribution in [0.5, 0.6) is 0 Å². The minimum Gasteiger partial charge on any atom is -0.352 e. The molecule has 0 aromatic heterocycles. The summed E-state index contributed by atoms with van der Waals surface area (Å²) in [5.41, 5.74) is 3.94. The van der Waals surface area contributed by atoms with Crippen LogP contribution < -0.4 is 9.62 Å². The summed E-state index contributed by atoms with van der Waals surface area (Å²) in [5.74, 6) is -0.491. The lowest BCUT2D eigenvalue weighted by Crippen LogP contribution is -2.53. The molecule has 0 saturated heterocycles. The molecule has 1 aliphatic rings. The van der Waals surface area contributed by atoms with Crippen LogP contribution >= 0.6 is 23.2 Å². The van der Waals surface area contributed by atoms with Crippen LogP contribution in [0.25, 0.3) is 0 Å². The van der Waals surface area contributed by atoms with E-state index in [4.69, 9.17) is 23.2 Å². The molecule has 4 rings (SSSR count). The molecule has 0 heterocycles. The van der Waals surface area contributed by atoms with Crippen molar-refractivity contribution in [3.63, 3.8) is 0 Å². The van der Waals surface area contributed by atoms with Crippen LogP contribution in [0.4, 0.5) is 5.69 Å². The number of nitrogens with one attached hydrogen (secondary N) is 1. The van der Waals surface area contributed by atoms with Gasteiger partial charge in [-0.1, -0.05) is 84.9 Å². The number of benzene rings is 3. The third kappa shape index (κ3) is 9.96. The van der Waals surface area contributed by atoms with Crippen LogP contribution in [0.15, 0.2) is 66.7 Å². The fourth-order valence-electron chi connectivity index (χ4n) is 6.05. The molecule has 10 heteroatoms. The van der Waals surface area contributed by atoms with Crippen LogP contribution in [0.2, 0.25) is 10.0 Å².